The lowest BCUT2D eigenvalue weighted by Crippen LogP contribution is -2.49. The summed E-state index contributed by atoms with van der Waals surface area (Å²) >= 11 is 0. The van der Waals surface area contributed by atoms with Crippen LogP contribution in [0, 0.1) is 19.8 Å². The van der Waals surface area contributed by atoms with Crippen LogP contribution in [0.5, 0.6) is 0 Å². The van der Waals surface area contributed by atoms with Crippen LogP contribution in [0.4, 0.5) is 0 Å². The number of aryl methyl sites for hydroxylation is 2. The predicted octanol–water partition coefficient (Wildman–Crippen LogP) is 2.33. The summed E-state index contributed by atoms with van der Waals surface area (Å²) in [4.78, 5) is 5.24. The average molecular weight is 287 g/mol. The monoisotopic (exact) mass is 287 g/mol. The third-order valence-electron chi connectivity index (χ3n) is 5.16. The van der Waals surface area contributed by atoms with Crippen LogP contribution in [0.2, 0.25) is 0 Å². The molecule has 2 aliphatic rings. The number of hydrogen-bond donors (Lipinski definition) is 1. The van der Waals surface area contributed by atoms with E-state index in [0.29, 0.717) is 12.6 Å². The van der Waals surface area contributed by atoms with E-state index in [1.54, 1.807) is 0 Å². The number of hydrogen-bond acceptors (Lipinski definition) is 3. The van der Waals surface area contributed by atoms with Gasteiger partial charge in [0.25, 0.3) is 0 Å². The molecule has 0 spiro atoms. The quantitative estimate of drug-likeness (QED) is 0.902. The molecule has 21 heavy (non-hydrogen) atoms. The molecule has 1 heterocycles. The Bertz CT molecular complexity index is 453. The minimum atomic E-state index is 0.384. The summed E-state index contributed by atoms with van der Waals surface area (Å²) < 4.78 is 0. The van der Waals surface area contributed by atoms with Crippen LogP contribution in [0.25, 0.3) is 0 Å². The zero-order valence-electron chi connectivity index (χ0n) is 13.5. The van der Waals surface area contributed by atoms with Crippen LogP contribution in [-0.4, -0.2) is 49.1 Å². The molecule has 3 rings (SSSR count). The van der Waals surface area contributed by atoms with Gasteiger partial charge in [-0.1, -0.05) is 18.2 Å². The molecule has 1 aliphatic heterocycles. The van der Waals surface area contributed by atoms with Crippen molar-refractivity contribution in [2.75, 3.05) is 39.3 Å². The molecule has 1 saturated heterocycles. The standard InChI is InChI=1S/C18H29N3/c1-14-4-3-5-15(2)18(14)17(12-19)21-10-8-20(9-11-21)13-16-6-7-16/h3-5,16-17H,6-13,19H2,1-2H3. The van der Waals surface area contributed by atoms with Crippen LogP contribution < -0.4 is 5.73 Å². The average Bonchev–Trinajstić information content (AvgIpc) is 3.28. The van der Waals surface area contributed by atoms with E-state index in [0.717, 1.165) is 19.0 Å². The normalized spacial score (nSPS) is 22.4. The van der Waals surface area contributed by atoms with Crippen molar-refractivity contribution >= 4 is 0 Å². The fourth-order valence-corrected chi connectivity index (χ4v) is 3.73. The van der Waals surface area contributed by atoms with E-state index >= 15 is 0 Å². The highest BCUT2D eigenvalue weighted by atomic mass is 15.3. The van der Waals surface area contributed by atoms with Crippen molar-refractivity contribution in [2.45, 2.75) is 32.7 Å². The first kappa shape index (κ1) is 15.0. The van der Waals surface area contributed by atoms with Gasteiger partial charge in [-0.25, -0.2) is 0 Å². The first-order valence-electron chi connectivity index (χ1n) is 8.41. The molecule has 0 amide bonds. The minimum absolute atomic E-state index is 0.384. The van der Waals surface area contributed by atoms with Crippen molar-refractivity contribution in [3.05, 3.63) is 34.9 Å². The van der Waals surface area contributed by atoms with Crippen molar-refractivity contribution in [1.82, 2.24) is 9.80 Å². The van der Waals surface area contributed by atoms with Crippen LogP contribution in [0.3, 0.4) is 0 Å². The van der Waals surface area contributed by atoms with E-state index in [2.05, 4.69) is 41.8 Å². The summed E-state index contributed by atoms with van der Waals surface area (Å²) in [5, 5.41) is 0. The van der Waals surface area contributed by atoms with Crippen molar-refractivity contribution in [3.63, 3.8) is 0 Å². The Morgan fingerprint density at radius 3 is 2.24 bits per heavy atom. The molecular formula is C18H29N3. The van der Waals surface area contributed by atoms with Crippen molar-refractivity contribution in [3.8, 4) is 0 Å². The second-order valence-electron chi connectivity index (χ2n) is 6.84. The fraction of sp³-hybridized carbons (Fsp3) is 0.667. The van der Waals surface area contributed by atoms with Gasteiger partial charge in [0, 0.05) is 45.3 Å². The summed E-state index contributed by atoms with van der Waals surface area (Å²) in [6.45, 7) is 11.2. The maximum Gasteiger partial charge on any atom is 0.0476 e. The number of piperazine rings is 1. The molecule has 2 fully saturated rings. The zero-order chi connectivity index (χ0) is 14.8. The summed E-state index contributed by atoms with van der Waals surface area (Å²) in [5.41, 5.74) is 10.4. The number of nitrogens with two attached hydrogens (primary N) is 1. The van der Waals surface area contributed by atoms with Gasteiger partial charge in [-0.2, -0.15) is 0 Å². The predicted molar refractivity (Wildman–Crippen MR) is 88.4 cm³/mol. The molecule has 116 valence electrons. The molecule has 0 radical (unpaired) electrons. The lowest BCUT2D eigenvalue weighted by Gasteiger charge is -2.40. The van der Waals surface area contributed by atoms with E-state index < -0.39 is 0 Å². The second kappa shape index (κ2) is 6.47. The molecule has 1 aromatic carbocycles. The van der Waals surface area contributed by atoms with Crippen molar-refractivity contribution < 1.29 is 0 Å². The van der Waals surface area contributed by atoms with Gasteiger partial charge in [0.15, 0.2) is 0 Å². The Labute approximate surface area is 129 Å². The largest absolute Gasteiger partial charge is 0.329 e. The van der Waals surface area contributed by atoms with E-state index in [1.165, 1.54) is 49.2 Å². The number of rotatable bonds is 5. The Balaban J connectivity index is 1.66. The highest BCUT2D eigenvalue weighted by Crippen LogP contribution is 2.31. The van der Waals surface area contributed by atoms with Gasteiger partial charge in [-0.3, -0.25) is 4.90 Å². The van der Waals surface area contributed by atoms with Crippen LogP contribution in [0.15, 0.2) is 18.2 Å². The Morgan fingerprint density at radius 2 is 1.71 bits per heavy atom. The first-order valence-corrected chi connectivity index (χ1v) is 8.41. The van der Waals surface area contributed by atoms with Crippen LogP contribution in [0.1, 0.15) is 35.6 Å². The first-order chi connectivity index (χ1) is 10.2. The summed E-state index contributed by atoms with van der Waals surface area (Å²) in [6, 6.07) is 6.96. The zero-order valence-corrected chi connectivity index (χ0v) is 13.5. The summed E-state index contributed by atoms with van der Waals surface area (Å²) in [7, 11) is 0. The van der Waals surface area contributed by atoms with Gasteiger partial charge in [-0.05, 0) is 49.3 Å². The third-order valence-corrected chi connectivity index (χ3v) is 5.16. The summed E-state index contributed by atoms with van der Waals surface area (Å²) in [6.07, 6.45) is 2.90. The highest BCUT2D eigenvalue weighted by Gasteiger charge is 2.29. The van der Waals surface area contributed by atoms with Gasteiger partial charge < -0.3 is 10.6 Å². The smallest absolute Gasteiger partial charge is 0.0476 e. The maximum absolute atomic E-state index is 6.14. The SMILES string of the molecule is Cc1cccc(C)c1C(CN)N1CCN(CC2CC2)CC1. The topological polar surface area (TPSA) is 32.5 Å². The number of benzene rings is 1. The van der Waals surface area contributed by atoms with E-state index in [1.807, 2.05) is 0 Å². The molecule has 1 saturated carbocycles. The Kier molecular flexibility index (Phi) is 4.63. The molecule has 1 atom stereocenters. The lowest BCUT2D eigenvalue weighted by atomic mass is 9.94. The van der Waals surface area contributed by atoms with Crippen molar-refractivity contribution in [2.24, 2.45) is 11.7 Å². The Hall–Kier alpha value is -0.900. The van der Waals surface area contributed by atoms with Gasteiger partial charge in [-0.15, -0.1) is 0 Å². The number of nitrogens with zero attached hydrogens (tertiary/aromatic N) is 2. The van der Waals surface area contributed by atoms with Gasteiger partial charge >= 0.3 is 0 Å². The maximum atomic E-state index is 6.14. The van der Waals surface area contributed by atoms with Gasteiger partial charge in [0.05, 0.1) is 0 Å². The molecule has 3 nitrogen and oxygen atoms in total. The second-order valence-corrected chi connectivity index (χ2v) is 6.84. The van der Waals surface area contributed by atoms with Gasteiger partial charge in [0.2, 0.25) is 0 Å². The van der Waals surface area contributed by atoms with E-state index in [-0.39, 0.29) is 0 Å². The molecule has 1 aromatic rings. The highest BCUT2D eigenvalue weighted by molar-refractivity contribution is 5.36. The molecule has 0 bridgehead atoms. The van der Waals surface area contributed by atoms with Gasteiger partial charge in [0.1, 0.15) is 0 Å². The van der Waals surface area contributed by atoms with E-state index in [9.17, 15) is 0 Å². The minimum Gasteiger partial charge on any atom is -0.329 e. The summed E-state index contributed by atoms with van der Waals surface area (Å²) in [5.74, 6) is 1.00. The molecular weight excluding hydrogens is 258 g/mol. The third kappa shape index (κ3) is 3.47. The molecule has 2 N–H and O–H groups in total. The van der Waals surface area contributed by atoms with E-state index in [4.69, 9.17) is 5.73 Å². The van der Waals surface area contributed by atoms with Crippen LogP contribution >= 0.6 is 0 Å². The van der Waals surface area contributed by atoms with Crippen LogP contribution in [-0.2, 0) is 0 Å². The Morgan fingerprint density at radius 1 is 1.10 bits per heavy atom. The molecule has 1 unspecified atom stereocenters. The molecule has 3 heteroatoms. The molecule has 1 aliphatic carbocycles. The lowest BCUT2D eigenvalue weighted by molar-refractivity contribution is 0.0951. The fourth-order valence-electron chi connectivity index (χ4n) is 3.73. The molecule has 0 aromatic heterocycles. The van der Waals surface area contributed by atoms with Crippen molar-refractivity contribution in [1.29, 1.82) is 0 Å².